The van der Waals surface area contributed by atoms with Gasteiger partial charge in [-0.05, 0) is 18.2 Å². The third-order valence-electron chi connectivity index (χ3n) is 1.10. The van der Waals surface area contributed by atoms with E-state index in [0.717, 1.165) is 10.7 Å². The van der Waals surface area contributed by atoms with Crippen LogP contribution in [0, 0.1) is 0 Å². The van der Waals surface area contributed by atoms with E-state index < -0.39 is 0 Å². The summed E-state index contributed by atoms with van der Waals surface area (Å²) in [4.78, 5) is 0. The number of anilines is 1. The van der Waals surface area contributed by atoms with E-state index in [1.165, 1.54) is 0 Å². The Bertz CT molecular complexity index is 213. The van der Waals surface area contributed by atoms with Crippen molar-refractivity contribution in [1.29, 1.82) is 0 Å². The molecule has 0 fully saturated rings. The number of halogens is 2. The van der Waals surface area contributed by atoms with Crippen LogP contribution in [0.25, 0.3) is 0 Å². The first-order chi connectivity index (χ1) is 4.83. The normalized spacial score (nSPS) is 9.40. The van der Waals surface area contributed by atoms with Crippen LogP contribution in [0.3, 0.4) is 0 Å². The maximum atomic E-state index is 5.70. The van der Waals surface area contributed by atoms with Crippen LogP contribution in [0.1, 0.15) is 0 Å². The molecule has 0 heterocycles. The Labute approximate surface area is 70.0 Å². The minimum atomic E-state index is 0.403. The van der Waals surface area contributed by atoms with E-state index >= 15 is 0 Å². The zero-order valence-corrected chi connectivity index (χ0v) is 6.78. The fourth-order valence-electron chi connectivity index (χ4n) is 0.676. The van der Waals surface area contributed by atoms with Crippen molar-refractivity contribution in [2.24, 2.45) is 0 Å². The summed E-state index contributed by atoms with van der Waals surface area (Å²) in [7, 11) is 0. The lowest BCUT2D eigenvalue weighted by atomic mass is 10.3. The molecule has 0 aliphatic carbocycles. The molecule has 0 radical (unpaired) electrons. The average molecular weight is 176 g/mol. The molecule has 54 valence electrons. The predicted molar refractivity (Wildman–Crippen MR) is 45.8 cm³/mol. The minimum Gasteiger partial charge on any atom is -0.372 e. The molecule has 1 nitrogen and oxygen atoms in total. The summed E-state index contributed by atoms with van der Waals surface area (Å²) in [5.74, 6) is 0. The molecular formula is C7H7Cl2N. The Morgan fingerprint density at radius 2 is 2.20 bits per heavy atom. The van der Waals surface area contributed by atoms with Gasteiger partial charge in [-0.25, -0.2) is 0 Å². The lowest BCUT2D eigenvalue weighted by Crippen LogP contribution is -1.92. The van der Waals surface area contributed by atoms with Gasteiger partial charge in [0.05, 0.1) is 6.00 Å². The van der Waals surface area contributed by atoms with Crippen molar-refractivity contribution in [3.05, 3.63) is 29.3 Å². The molecule has 3 heteroatoms. The van der Waals surface area contributed by atoms with Gasteiger partial charge >= 0.3 is 0 Å². The van der Waals surface area contributed by atoms with Crippen LogP contribution in [-0.2, 0) is 0 Å². The molecule has 0 saturated carbocycles. The summed E-state index contributed by atoms with van der Waals surface area (Å²) in [6.07, 6.45) is 0. The molecule has 0 atom stereocenters. The van der Waals surface area contributed by atoms with E-state index in [4.69, 9.17) is 23.2 Å². The maximum absolute atomic E-state index is 5.70. The molecule has 0 amide bonds. The standard InChI is InChI=1S/C7H7Cl2N/c8-5-10-7-3-1-2-6(9)4-7/h1-4,10H,5H2. The van der Waals surface area contributed by atoms with Gasteiger partial charge in [0.25, 0.3) is 0 Å². The molecule has 0 aromatic heterocycles. The Hall–Kier alpha value is -0.400. The van der Waals surface area contributed by atoms with Gasteiger partial charge < -0.3 is 5.32 Å². The van der Waals surface area contributed by atoms with Crippen molar-refractivity contribution in [1.82, 2.24) is 0 Å². The van der Waals surface area contributed by atoms with Crippen LogP contribution in [0.2, 0.25) is 5.02 Å². The minimum absolute atomic E-state index is 0.403. The first-order valence-electron chi connectivity index (χ1n) is 2.88. The first-order valence-corrected chi connectivity index (χ1v) is 3.79. The second-order valence-electron chi connectivity index (χ2n) is 1.82. The van der Waals surface area contributed by atoms with Crippen LogP contribution in [-0.4, -0.2) is 6.00 Å². The van der Waals surface area contributed by atoms with Crippen LogP contribution < -0.4 is 5.32 Å². The van der Waals surface area contributed by atoms with Gasteiger partial charge in [0.2, 0.25) is 0 Å². The van der Waals surface area contributed by atoms with E-state index in [2.05, 4.69) is 5.32 Å². The van der Waals surface area contributed by atoms with E-state index in [1.54, 1.807) is 0 Å². The zero-order valence-electron chi connectivity index (χ0n) is 5.27. The third-order valence-corrected chi connectivity index (χ3v) is 1.46. The van der Waals surface area contributed by atoms with E-state index in [1.807, 2.05) is 24.3 Å². The molecule has 0 aliphatic rings. The van der Waals surface area contributed by atoms with Crippen LogP contribution in [0.5, 0.6) is 0 Å². The Morgan fingerprint density at radius 1 is 1.40 bits per heavy atom. The molecule has 1 aromatic rings. The Balaban J connectivity index is 2.75. The van der Waals surface area contributed by atoms with Crippen molar-refractivity contribution >= 4 is 28.9 Å². The van der Waals surface area contributed by atoms with Crippen LogP contribution in [0.4, 0.5) is 5.69 Å². The maximum Gasteiger partial charge on any atom is 0.0901 e. The highest BCUT2D eigenvalue weighted by Gasteiger charge is 1.89. The first kappa shape index (κ1) is 7.70. The van der Waals surface area contributed by atoms with E-state index in [9.17, 15) is 0 Å². The number of benzene rings is 1. The summed E-state index contributed by atoms with van der Waals surface area (Å²) >= 11 is 11.1. The van der Waals surface area contributed by atoms with Crippen LogP contribution in [0.15, 0.2) is 24.3 Å². The quantitative estimate of drug-likeness (QED) is 0.539. The van der Waals surface area contributed by atoms with Crippen molar-refractivity contribution in [2.45, 2.75) is 0 Å². The number of hydrogen-bond donors (Lipinski definition) is 1. The van der Waals surface area contributed by atoms with Gasteiger partial charge in [0, 0.05) is 10.7 Å². The summed E-state index contributed by atoms with van der Waals surface area (Å²) < 4.78 is 0. The highest BCUT2D eigenvalue weighted by molar-refractivity contribution is 6.30. The van der Waals surface area contributed by atoms with E-state index in [-0.39, 0.29) is 0 Å². The van der Waals surface area contributed by atoms with Gasteiger partial charge in [0.15, 0.2) is 0 Å². The lowest BCUT2D eigenvalue weighted by Gasteiger charge is -2.00. The largest absolute Gasteiger partial charge is 0.372 e. The number of alkyl halides is 1. The smallest absolute Gasteiger partial charge is 0.0901 e. The van der Waals surface area contributed by atoms with Gasteiger partial charge in [-0.15, -0.1) is 11.6 Å². The molecule has 0 spiro atoms. The summed E-state index contributed by atoms with van der Waals surface area (Å²) in [5, 5.41) is 3.65. The van der Waals surface area contributed by atoms with Crippen molar-refractivity contribution in [2.75, 3.05) is 11.3 Å². The second-order valence-corrected chi connectivity index (χ2v) is 2.52. The number of rotatable bonds is 2. The van der Waals surface area contributed by atoms with E-state index in [0.29, 0.717) is 6.00 Å². The lowest BCUT2D eigenvalue weighted by molar-refractivity contribution is 1.45. The van der Waals surface area contributed by atoms with Gasteiger partial charge in [0.1, 0.15) is 0 Å². The zero-order chi connectivity index (χ0) is 7.40. The van der Waals surface area contributed by atoms with Crippen molar-refractivity contribution in [3.8, 4) is 0 Å². The molecule has 0 unspecified atom stereocenters. The molecular weight excluding hydrogens is 169 g/mol. The van der Waals surface area contributed by atoms with Gasteiger partial charge in [-0.2, -0.15) is 0 Å². The monoisotopic (exact) mass is 175 g/mol. The van der Waals surface area contributed by atoms with Gasteiger partial charge in [-0.3, -0.25) is 0 Å². The molecule has 1 aromatic carbocycles. The van der Waals surface area contributed by atoms with Crippen molar-refractivity contribution < 1.29 is 0 Å². The SMILES string of the molecule is ClCNc1cccc(Cl)c1. The van der Waals surface area contributed by atoms with Crippen LogP contribution >= 0.6 is 23.2 Å². The van der Waals surface area contributed by atoms with Crippen molar-refractivity contribution in [3.63, 3.8) is 0 Å². The topological polar surface area (TPSA) is 12.0 Å². The number of hydrogen-bond acceptors (Lipinski definition) is 1. The Morgan fingerprint density at radius 3 is 2.80 bits per heavy atom. The Kier molecular flexibility index (Phi) is 2.84. The second kappa shape index (κ2) is 3.69. The summed E-state index contributed by atoms with van der Waals surface area (Å²) in [6, 6.07) is 7.83. The fourth-order valence-corrected chi connectivity index (χ4v) is 1.02. The number of nitrogens with one attached hydrogen (secondary N) is 1. The molecule has 1 rings (SSSR count). The third kappa shape index (κ3) is 2.09. The highest BCUT2D eigenvalue weighted by Crippen LogP contribution is 2.14. The molecule has 10 heavy (non-hydrogen) atoms. The molecule has 0 saturated heterocycles. The molecule has 0 bridgehead atoms. The average Bonchev–Trinajstić information content (AvgIpc) is 1.88. The predicted octanol–water partition coefficient (Wildman–Crippen LogP) is 2.95. The molecule has 0 aliphatic heterocycles. The summed E-state index contributed by atoms with van der Waals surface area (Å²) in [5.41, 5.74) is 0.947. The van der Waals surface area contributed by atoms with Gasteiger partial charge in [-0.1, -0.05) is 17.7 Å². The molecule has 1 N–H and O–H groups in total. The summed E-state index contributed by atoms with van der Waals surface area (Å²) in [6.45, 7) is 0. The highest BCUT2D eigenvalue weighted by atomic mass is 35.5. The fraction of sp³-hybridized carbons (Fsp3) is 0.143.